The van der Waals surface area contributed by atoms with E-state index in [0.717, 1.165) is 5.92 Å². The van der Waals surface area contributed by atoms with E-state index in [9.17, 15) is 0 Å². The van der Waals surface area contributed by atoms with Crippen molar-refractivity contribution in [3.05, 3.63) is 10.5 Å². The van der Waals surface area contributed by atoms with Gasteiger partial charge in [0.05, 0.1) is 0 Å². The van der Waals surface area contributed by atoms with Crippen molar-refractivity contribution >= 4 is 11.8 Å². The molecule has 0 radical (unpaired) electrons. The summed E-state index contributed by atoms with van der Waals surface area (Å²) in [7, 11) is 0. The smallest absolute Gasteiger partial charge is 0.00144 e. The molecule has 0 spiro atoms. The van der Waals surface area contributed by atoms with Gasteiger partial charge in [-0.1, -0.05) is 26.3 Å². The minimum absolute atomic E-state index is 0.970. The van der Waals surface area contributed by atoms with Gasteiger partial charge in [0.25, 0.3) is 0 Å². The molecule has 2 rings (SSSR count). The highest BCUT2D eigenvalue weighted by atomic mass is 32.2. The molecule has 0 aromatic carbocycles. The predicted molar refractivity (Wildman–Crippen MR) is 58.5 cm³/mol. The highest BCUT2D eigenvalue weighted by molar-refractivity contribution is 8.03. The molecule has 0 bridgehead atoms. The van der Waals surface area contributed by atoms with Crippen LogP contribution >= 0.6 is 11.8 Å². The summed E-state index contributed by atoms with van der Waals surface area (Å²) >= 11 is 2.11. The zero-order chi connectivity index (χ0) is 8.97. The van der Waals surface area contributed by atoms with Crippen LogP contribution in [-0.4, -0.2) is 5.75 Å². The van der Waals surface area contributed by atoms with E-state index < -0.39 is 0 Å². The summed E-state index contributed by atoms with van der Waals surface area (Å²) in [6.45, 7) is 6.38. The van der Waals surface area contributed by atoms with Gasteiger partial charge in [-0.15, -0.1) is 11.8 Å². The van der Waals surface area contributed by atoms with Crippen LogP contribution in [0.5, 0.6) is 0 Å². The molecule has 1 unspecified atom stereocenters. The lowest BCUT2D eigenvalue weighted by Crippen LogP contribution is -2.02. The molecule has 0 aromatic rings. The van der Waals surface area contributed by atoms with Crippen molar-refractivity contribution in [2.45, 2.75) is 46.5 Å². The molecule has 0 aromatic heterocycles. The van der Waals surface area contributed by atoms with Crippen LogP contribution in [0.2, 0.25) is 0 Å². The van der Waals surface area contributed by atoms with E-state index in [2.05, 4.69) is 18.7 Å². The van der Waals surface area contributed by atoms with Crippen LogP contribution in [0.15, 0.2) is 10.5 Å². The first-order chi connectivity index (χ1) is 5.86. The molecule has 0 saturated heterocycles. The number of hydrogen-bond acceptors (Lipinski definition) is 1. The van der Waals surface area contributed by atoms with E-state index in [1.807, 2.05) is 13.8 Å². The zero-order valence-electron chi connectivity index (χ0n) is 8.52. The number of rotatable bonds is 0. The lowest BCUT2D eigenvalue weighted by atomic mass is 9.89. The van der Waals surface area contributed by atoms with Gasteiger partial charge < -0.3 is 0 Å². The van der Waals surface area contributed by atoms with Crippen molar-refractivity contribution in [2.24, 2.45) is 5.92 Å². The lowest BCUT2D eigenvalue weighted by molar-refractivity contribution is 0.502. The Labute approximate surface area is 80.8 Å². The van der Waals surface area contributed by atoms with Crippen molar-refractivity contribution in [1.82, 2.24) is 0 Å². The van der Waals surface area contributed by atoms with Crippen LogP contribution in [-0.2, 0) is 0 Å². The van der Waals surface area contributed by atoms with Crippen molar-refractivity contribution in [3.8, 4) is 0 Å². The first-order valence-electron chi connectivity index (χ1n) is 5.20. The lowest BCUT2D eigenvalue weighted by Gasteiger charge is -2.19. The van der Waals surface area contributed by atoms with E-state index in [1.165, 1.54) is 31.4 Å². The largest absolute Gasteiger partial charge is 0.130 e. The van der Waals surface area contributed by atoms with Gasteiger partial charge in [-0.05, 0) is 36.5 Å². The summed E-state index contributed by atoms with van der Waals surface area (Å²) in [5, 5.41) is 0. The van der Waals surface area contributed by atoms with Gasteiger partial charge in [0.15, 0.2) is 0 Å². The van der Waals surface area contributed by atoms with Gasteiger partial charge in [-0.3, -0.25) is 0 Å². The molecule has 0 N–H and O–H groups in total. The fraction of sp³-hybridized carbons (Fsp3) is 0.818. The first kappa shape index (κ1) is 10.2. The average Bonchev–Trinajstić information content (AvgIpc) is 2.54. The van der Waals surface area contributed by atoms with Crippen molar-refractivity contribution in [1.29, 1.82) is 0 Å². The van der Waals surface area contributed by atoms with Crippen LogP contribution < -0.4 is 0 Å². The van der Waals surface area contributed by atoms with E-state index in [4.69, 9.17) is 0 Å². The third-order valence-corrected chi connectivity index (χ3v) is 3.78. The molecule has 1 aliphatic carbocycles. The molecule has 0 nitrogen and oxygen atoms in total. The Bertz CT molecular complexity index is 170. The number of allylic oxidation sites excluding steroid dienone is 2. The summed E-state index contributed by atoms with van der Waals surface area (Å²) in [5.74, 6) is 2.34. The Morgan fingerprint density at radius 3 is 2.75 bits per heavy atom. The van der Waals surface area contributed by atoms with Gasteiger partial charge in [0.1, 0.15) is 0 Å². The van der Waals surface area contributed by atoms with Crippen LogP contribution in [0.25, 0.3) is 0 Å². The molecule has 0 amide bonds. The van der Waals surface area contributed by atoms with Gasteiger partial charge in [-0.2, -0.15) is 0 Å². The third-order valence-electron chi connectivity index (χ3n) is 2.53. The van der Waals surface area contributed by atoms with Gasteiger partial charge in [0, 0.05) is 5.75 Å². The minimum atomic E-state index is 0.970. The molecule has 0 saturated carbocycles. The molecule has 1 atom stereocenters. The second-order valence-corrected chi connectivity index (χ2v) is 4.66. The average molecular weight is 184 g/mol. The van der Waals surface area contributed by atoms with E-state index in [-0.39, 0.29) is 0 Å². The monoisotopic (exact) mass is 184 g/mol. The van der Waals surface area contributed by atoms with Gasteiger partial charge in [0.2, 0.25) is 0 Å². The third kappa shape index (κ3) is 2.29. The molecule has 70 valence electrons. The van der Waals surface area contributed by atoms with Crippen LogP contribution in [0.1, 0.15) is 46.5 Å². The Hall–Kier alpha value is 0.0900. The molecule has 1 heterocycles. The maximum atomic E-state index is 2.38. The molecule has 0 fully saturated rings. The number of hydrogen-bond donors (Lipinski definition) is 0. The Kier molecular flexibility index (Phi) is 4.20. The topological polar surface area (TPSA) is 0 Å². The van der Waals surface area contributed by atoms with E-state index in [1.54, 1.807) is 10.5 Å². The molecule has 12 heavy (non-hydrogen) atoms. The van der Waals surface area contributed by atoms with Crippen LogP contribution in [0.4, 0.5) is 0 Å². The van der Waals surface area contributed by atoms with Gasteiger partial charge in [-0.25, -0.2) is 0 Å². The molecular formula is C11H20S. The molecule has 1 aliphatic heterocycles. The summed E-state index contributed by atoms with van der Waals surface area (Å²) in [4.78, 5) is 1.75. The molecular weight excluding hydrogens is 164 g/mol. The quantitative estimate of drug-likeness (QED) is 0.543. The Balaban J connectivity index is 0.000000336. The highest BCUT2D eigenvalue weighted by Gasteiger charge is 2.21. The van der Waals surface area contributed by atoms with Crippen molar-refractivity contribution in [2.75, 3.05) is 5.75 Å². The summed E-state index contributed by atoms with van der Waals surface area (Å²) < 4.78 is 0. The van der Waals surface area contributed by atoms with Crippen molar-refractivity contribution < 1.29 is 0 Å². The predicted octanol–water partition coefficient (Wildman–Crippen LogP) is 4.22. The number of thioether (sulfide) groups is 1. The minimum Gasteiger partial charge on any atom is -0.130 e. The van der Waals surface area contributed by atoms with Crippen LogP contribution in [0, 0.1) is 5.92 Å². The molecule has 1 heteroatoms. The second-order valence-electron chi connectivity index (χ2n) is 3.47. The normalized spacial score (nSPS) is 27.8. The van der Waals surface area contributed by atoms with Gasteiger partial charge >= 0.3 is 0 Å². The maximum absolute atomic E-state index is 2.38. The zero-order valence-corrected chi connectivity index (χ0v) is 9.34. The Morgan fingerprint density at radius 2 is 2.00 bits per heavy atom. The Morgan fingerprint density at radius 1 is 1.25 bits per heavy atom. The SMILES string of the molecule is CC.CC1CCC2=C(CCS2)C1. The standard InChI is InChI=1S/C9H14S.C2H6/c1-7-2-3-9-8(6-7)4-5-10-9;1-2/h7H,2-6H2,1H3;1-2H3. The molecule has 2 aliphatic rings. The summed E-state index contributed by atoms with van der Waals surface area (Å²) in [6.07, 6.45) is 5.62. The van der Waals surface area contributed by atoms with Crippen molar-refractivity contribution in [3.63, 3.8) is 0 Å². The summed E-state index contributed by atoms with van der Waals surface area (Å²) in [5.41, 5.74) is 1.80. The van der Waals surface area contributed by atoms with E-state index >= 15 is 0 Å². The second kappa shape index (κ2) is 4.96. The first-order valence-corrected chi connectivity index (χ1v) is 6.18. The fourth-order valence-corrected chi connectivity index (χ4v) is 3.15. The maximum Gasteiger partial charge on any atom is 0.00144 e. The summed E-state index contributed by atoms with van der Waals surface area (Å²) in [6, 6.07) is 0. The van der Waals surface area contributed by atoms with E-state index in [0.29, 0.717) is 0 Å². The fourth-order valence-electron chi connectivity index (χ4n) is 1.90. The van der Waals surface area contributed by atoms with Crippen LogP contribution in [0.3, 0.4) is 0 Å². The highest BCUT2D eigenvalue weighted by Crippen LogP contribution is 2.42.